The number of hydrogen-bond acceptors (Lipinski definition) is 2. The van der Waals surface area contributed by atoms with E-state index < -0.39 is 12.1 Å². The van der Waals surface area contributed by atoms with Gasteiger partial charge < -0.3 is 10.2 Å². The van der Waals surface area contributed by atoms with Gasteiger partial charge in [0.15, 0.2) is 0 Å². The van der Waals surface area contributed by atoms with Crippen LogP contribution in [0.1, 0.15) is 39.0 Å². The van der Waals surface area contributed by atoms with Crippen LogP contribution in [0.5, 0.6) is 0 Å². The van der Waals surface area contributed by atoms with Gasteiger partial charge in [0.1, 0.15) is 0 Å². The highest BCUT2D eigenvalue weighted by Gasteiger charge is 2.07. The van der Waals surface area contributed by atoms with Gasteiger partial charge in [0, 0.05) is 0 Å². The Bertz CT molecular complexity index is 164. The van der Waals surface area contributed by atoms with E-state index in [9.17, 15) is 4.79 Å². The van der Waals surface area contributed by atoms with Crippen LogP contribution in [0, 0.1) is 0 Å². The maximum absolute atomic E-state index is 10.2. The number of carboxylic acids is 1. The average Bonchev–Trinajstić information content (AvgIpc) is 2.02. The van der Waals surface area contributed by atoms with Crippen molar-refractivity contribution < 1.29 is 15.0 Å². The van der Waals surface area contributed by atoms with E-state index in [4.69, 9.17) is 10.2 Å². The lowest BCUT2D eigenvalue weighted by molar-refractivity contribution is -0.139. The second-order valence-corrected chi connectivity index (χ2v) is 3.09. The number of hydrogen-bond donors (Lipinski definition) is 2. The molecule has 3 heteroatoms. The molecule has 0 rings (SSSR count). The first-order chi connectivity index (χ1) is 6.16. The van der Waals surface area contributed by atoms with E-state index in [1.165, 1.54) is 0 Å². The van der Waals surface area contributed by atoms with Gasteiger partial charge in [-0.25, -0.2) is 0 Å². The van der Waals surface area contributed by atoms with Crippen molar-refractivity contribution in [2.45, 2.75) is 45.1 Å². The minimum Gasteiger partial charge on any atom is -0.481 e. The van der Waals surface area contributed by atoms with Gasteiger partial charge in [-0.05, 0) is 19.3 Å². The van der Waals surface area contributed by atoms with Crippen LogP contribution in [0.4, 0.5) is 0 Å². The van der Waals surface area contributed by atoms with E-state index in [-0.39, 0.29) is 6.42 Å². The lowest BCUT2D eigenvalue weighted by Crippen LogP contribution is -2.12. The molecule has 0 radical (unpaired) electrons. The van der Waals surface area contributed by atoms with Crippen molar-refractivity contribution >= 4 is 5.97 Å². The van der Waals surface area contributed by atoms with Crippen molar-refractivity contribution in [1.82, 2.24) is 0 Å². The molecule has 2 N–H and O–H groups in total. The molecule has 3 nitrogen and oxygen atoms in total. The van der Waals surface area contributed by atoms with E-state index >= 15 is 0 Å². The zero-order valence-electron chi connectivity index (χ0n) is 8.07. The maximum atomic E-state index is 10.2. The predicted octanol–water partition coefficient (Wildman–Crippen LogP) is 1.96. The van der Waals surface area contributed by atoms with Gasteiger partial charge in [0.25, 0.3) is 0 Å². The normalized spacial score (nSPS) is 13.4. The first kappa shape index (κ1) is 12.2. The van der Waals surface area contributed by atoms with Crippen molar-refractivity contribution in [1.29, 1.82) is 0 Å². The Balaban J connectivity index is 3.36. The summed E-state index contributed by atoms with van der Waals surface area (Å²) in [6.07, 6.45) is 6.66. The highest BCUT2D eigenvalue weighted by molar-refractivity contribution is 5.67. The van der Waals surface area contributed by atoms with Gasteiger partial charge in [-0.3, -0.25) is 4.79 Å². The molecule has 0 amide bonds. The molecule has 0 saturated heterocycles. The third-order valence-electron chi connectivity index (χ3n) is 1.70. The summed E-state index contributed by atoms with van der Waals surface area (Å²) < 4.78 is 0. The molecule has 0 aromatic heterocycles. The summed E-state index contributed by atoms with van der Waals surface area (Å²) >= 11 is 0. The van der Waals surface area contributed by atoms with Gasteiger partial charge in [0.2, 0.25) is 0 Å². The topological polar surface area (TPSA) is 57.5 Å². The molecule has 0 spiro atoms. The first-order valence-corrected chi connectivity index (χ1v) is 4.71. The molecule has 0 aliphatic heterocycles. The Morgan fingerprint density at radius 1 is 1.38 bits per heavy atom. The molecular formula is C10H18O3. The molecule has 0 aromatic rings. The minimum atomic E-state index is -0.940. The number of allylic oxidation sites excluding steroid dienone is 2. The molecular weight excluding hydrogens is 168 g/mol. The van der Waals surface area contributed by atoms with Crippen LogP contribution in [0.25, 0.3) is 0 Å². The quantitative estimate of drug-likeness (QED) is 0.597. The second kappa shape index (κ2) is 7.80. The average molecular weight is 186 g/mol. The third kappa shape index (κ3) is 9.08. The molecule has 0 fully saturated rings. The van der Waals surface area contributed by atoms with Crippen molar-refractivity contribution in [3.8, 4) is 0 Å². The van der Waals surface area contributed by atoms with Gasteiger partial charge in [-0.1, -0.05) is 25.5 Å². The van der Waals surface area contributed by atoms with Crippen molar-refractivity contribution in [2.24, 2.45) is 0 Å². The number of unbranched alkanes of at least 4 members (excludes halogenated alkanes) is 1. The smallest absolute Gasteiger partial charge is 0.305 e. The van der Waals surface area contributed by atoms with Gasteiger partial charge in [-0.15, -0.1) is 0 Å². The van der Waals surface area contributed by atoms with Gasteiger partial charge in [0.05, 0.1) is 12.5 Å². The fourth-order valence-electron chi connectivity index (χ4n) is 0.995. The lowest BCUT2D eigenvalue weighted by Gasteiger charge is -2.04. The number of aliphatic carboxylic acids is 1. The molecule has 1 unspecified atom stereocenters. The van der Waals surface area contributed by atoms with Crippen LogP contribution in [-0.4, -0.2) is 22.3 Å². The summed E-state index contributed by atoms with van der Waals surface area (Å²) in [6, 6.07) is 0. The van der Waals surface area contributed by atoms with E-state index in [1.54, 1.807) is 0 Å². The van der Waals surface area contributed by atoms with Crippen molar-refractivity contribution in [2.75, 3.05) is 0 Å². The standard InChI is InChI=1S/C10H18O3/c1-2-3-4-5-6-7-9(11)8-10(12)13/h4-5,9,11H,2-3,6-8H2,1H3,(H,12,13)/b5-4-. The Hall–Kier alpha value is -0.830. The molecule has 0 aliphatic carbocycles. The number of rotatable bonds is 7. The molecule has 0 bridgehead atoms. The molecule has 0 saturated carbocycles. The van der Waals surface area contributed by atoms with Gasteiger partial charge in [-0.2, -0.15) is 0 Å². The van der Waals surface area contributed by atoms with Crippen molar-refractivity contribution in [3.05, 3.63) is 12.2 Å². The fourth-order valence-corrected chi connectivity index (χ4v) is 0.995. The number of aliphatic hydroxyl groups excluding tert-OH is 1. The molecule has 0 aromatic carbocycles. The minimum absolute atomic E-state index is 0.151. The van der Waals surface area contributed by atoms with Crippen LogP contribution in [0.15, 0.2) is 12.2 Å². The molecule has 0 heterocycles. The Morgan fingerprint density at radius 3 is 2.54 bits per heavy atom. The summed E-state index contributed by atoms with van der Waals surface area (Å²) in [4.78, 5) is 10.2. The molecule has 0 aliphatic rings. The fraction of sp³-hybridized carbons (Fsp3) is 0.700. The van der Waals surface area contributed by atoms with E-state index in [0.29, 0.717) is 6.42 Å². The van der Waals surface area contributed by atoms with E-state index in [2.05, 4.69) is 13.0 Å². The largest absolute Gasteiger partial charge is 0.481 e. The zero-order chi connectivity index (χ0) is 10.1. The number of aliphatic hydroxyl groups is 1. The van der Waals surface area contributed by atoms with Crippen LogP contribution in [0.2, 0.25) is 0 Å². The predicted molar refractivity (Wildman–Crippen MR) is 51.5 cm³/mol. The lowest BCUT2D eigenvalue weighted by atomic mass is 10.1. The van der Waals surface area contributed by atoms with E-state index in [0.717, 1.165) is 19.3 Å². The second-order valence-electron chi connectivity index (χ2n) is 3.09. The first-order valence-electron chi connectivity index (χ1n) is 4.71. The maximum Gasteiger partial charge on any atom is 0.305 e. The molecule has 13 heavy (non-hydrogen) atoms. The van der Waals surface area contributed by atoms with E-state index in [1.807, 2.05) is 6.08 Å². The number of carbonyl (C=O) groups is 1. The Labute approximate surface area is 79.1 Å². The summed E-state index contributed by atoms with van der Waals surface area (Å²) in [6.45, 7) is 2.10. The number of carboxylic acid groups (broad SMARTS) is 1. The Kier molecular flexibility index (Phi) is 7.30. The summed E-state index contributed by atoms with van der Waals surface area (Å²) in [7, 11) is 0. The molecule has 76 valence electrons. The summed E-state index contributed by atoms with van der Waals surface area (Å²) in [5.41, 5.74) is 0. The van der Waals surface area contributed by atoms with Crippen LogP contribution in [-0.2, 0) is 4.79 Å². The Morgan fingerprint density at radius 2 is 2.00 bits per heavy atom. The highest BCUT2D eigenvalue weighted by atomic mass is 16.4. The monoisotopic (exact) mass is 186 g/mol. The summed E-state index contributed by atoms with van der Waals surface area (Å²) in [5, 5.41) is 17.5. The summed E-state index contributed by atoms with van der Waals surface area (Å²) in [5.74, 6) is -0.940. The van der Waals surface area contributed by atoms with Gasteiger partial charge >= 0.3 is 5.97 Å². The SMILES string of the molecule is CCC/C=C\CCC(O)CC(=O)O. The third-order valence-corrected chi connectivity index (χ3v) is 1.70. The van der Waals surface area contributed by atoms with Crippen LogP contribution in [0.3, 0.4) is 0 Å². The molecule has 1 atom stereocenters. The van der Waals surface area contributed by atoms with Crippen LogP contribution < -0.4 is 0 Å². The van der Waals surface area contributed by atoms with Crippen LogP contribution >= 0.6 is 0 Å². The zero-order valence-corrected chi connectivity index (χ0v) is 8.07. The van der Waals surface area contributed by atoms with Crippen molar-refractivity contribution in [3.63, 3.8) is 0 Å². The highest BCUT2D eigenvalue weighted by Crippen LogP contribution is 2.03.